The smallest absolute Gasteiger partial charge is 0.261 e. The van der Waals surface area contributed by atoms with E-state index in [0.717, 1.165) is 11.1 Å². The highest BCUT2D eigenvalue weighted by atomic mass is 35.5. The van der Waals surface area contributed by atoms with E-state index in [1.165, 1.54) is 4.90 Å². The summed E-state index contributed by atoms with van der Waals surface area (Å²) in [4.78, 5) is 26.9. The predicted molar refractivity (Wildman–Crippen MR) is 102 cm³/mol. The van der Waals surface area contributed by atoms with Gasteiger partial charge in [0, 0.05) is 12.5 Å². The fourth-order valence-electron chi connectivity index (χ4n) is 3.45. The minimum absolute atomic E-state index is 0.208. The number of halogens is 1. The SMILES string of the molecule is Cc1nnc(Cl)cc1C(CN1C(=O)c2ccccc2C1=O)c1ccccc1. The van der Waals surface area contributed by atoms with Crippen molar-refractivity contribution in [2.45, 2.75) is 12.8 Å². The van der Waals surface area contributed by atoms with Gasteiger partial charge in [0.25, 0.3) is 11.8 Å². The van der Waals surface area contributed by atoms with E-state index < -0.39 is 0 Å². The second-order valence-electron chi connectivity index (χ2n) is 6.44. The van der Waals surface area contributed by atoms with Gasteiger partial charge in [0.1, 0.15) is 0 Å². The molecule has 0 saturated heterocycles. The molecule has 0 bridgehead atoms. The van der Waals surface area contributed by atoms with Crippen LogP contribution in [-0.4, -0.2) is 33.5 Å². The second kappa shape index (κ2) is 6.93. The van der Waals surface area contributed by atoms with Crippen LogP contribution in [0.25, 0.3) is 0 Å². The molecule has 1 aliphatic heterocycles. The van der Waals surface area contributed by atoms with Crippen LogP contribution in [0.2, 0.25) is 5.15 Å². The van der Waals surface area contributed by atoms with Gasteiger partial charge in [0.05, 0.1) is 16.8 Å². The molecule has 3 aromatic rings. The average Bonchev–Trinajstić information content (AvgIpc) is 2.93. The number of amides is 2. The first kappa shape index (κ1) is 17.4. The van der Waals surface area contributed by atoms with E-state index in [-0.39, 0.29) is 29.4 Å². The molecule has 0 aliphatic carbocycles. The van der Waals surface area contributed by atoms with Gasteiger partial charge >= 0.3 is 0 Å². The molecule has 2 heterocycles. The van der Waals surface area contributed by atoms with E-state index in [9.17, 15) is 9.59 Å². The Kier molecular flexibility index (Phi) is 4.46. The van der Waals surface area contributed by atoms with Gasteiger partial charge in [0.2, 0.25) is 0 Å². The Balaban J connectivity index is 1.76. The molecule has 5 nitrogen and oxygen atoms in total. The minimum atomic E-state index is -0.276. The number of aromatic nitrogens is 2. The van der Waals surface area contributed by atoms with Crippen LogP contribution in [0.15, 0.2) is 60.7 Å². The Morgan fingerprint density at radius 2 is 1.52 bits per heavy atom. The van der Waals surface area contributed by atoms with Crippen molar-refractivity contribution in [3.63, 3.8) is 0 Å². The third kappa shape index (κ3) is 3.11. The summed E-state index contributed by atoms with van der Waals surface area (Å²) < 4.78 is 0. The van der Waals surface area contributed by atoms with Crippen molar-refractivity contribution in [3.8, 4) is 0 Å². The monoisotopic (exact) mass is 377 g/mol. The average molecular weight is 378 g/mol. The summed E-state index contributed by atoms with van der Waals surface area (Å²) in [5.74, 6) is -0.800. The normalized spacial score (nSPS) is 14.4. The maximum Gasteiger partial charge on any atom is 0.261 e. The first-order valence-electron chi connectivity index (χ1n) is 8.56. The van der Waals surface area contributed by atoms with Crippen LogP contribution < -0.4 is 0 Å². The fraction of sp³-hybridized carbons (Fsp3) is 0.143. The molecular formula is C21H16ClN3O2. The quantitative estimate of drug-likeness (QED) is 0.647. The van der Waals surface area contributed by atoms with Crippen LogP contribution in [0.4, 0.5) is 0 Å². The van der Waals surface area contributed by atoms with Crippen molar-refractivity contribution in [2.75, 3.05) is 6.54 Å². The maximum absolute atomic E-state index is 12.8. The molecule has 4 rings (SSSR count). The number of carbonyl (C=O) groups is 2. The standard InChI is InChI=1S/C21H16ClN3O2/c1-13-17(11-19(22)24-23-13)18(14-7-3-2-4-8-14)12-25-20(26)15-9-5-6-10-16(15)21(25)27/h2-11,18H,12H2,1H3. The van der Waals surface area contributed by atoms with Crippen molar-refractivity contribution in [3.05, 3.63) is 93.8 Å². The van der Waals surface area contributed by atoms with E-state index >= 15 is 0 Å². The second-order valence-corrected chi connectivity index (χ2v) is 6.82. The van der Waals surface area contributed by atoms with Gasteiger partial charge in [-0.05, 0) is 36.2 Å². The number of hydrogen-bond acceptors (Lipinski definition) is 4. The Hall–Kier alpha value is -3.05. The van der Waals surface area contributed by atoms with Crippen LogP contribution >= 0.6 is 11.6 Å². The number of nitrogens with zero attached hydrogens (tertiary/aromatic N) is 3. The number of rotatable bonds is 4. The third-order valence-corrected chi connectivity index (χ3v) is 4.99. The molecule has 0 N–H and O–H groups in total. The van der Waals surface area contributed by atoms with Gasteiger partial charge in [0.15, 0.2) is 5.15 Å². The first-order chi connectivity index (χ1) is 13.1. The van der Waals surface area contributed by atoms with Gasteiger partial charge < -0.3 is 0 Å². The molecule has 6 heteroatoms. The van der Waals surface area contributed by atoms with E-state index in [4.69, 9.17) is 11.6 Å². The topological polar surface area (TPSA) is 63.2 Å². The fourth-order valence-corrected chi connectivity index (χ4v) is 3.61. The number of hydrogen-bond donors (Lipinski definition) is 0. The van der Waals surface area contributed by atoms with E-state index in [1.54, 1.807) is 30.3 Å². The lowest BCUT2D eigenvalue weighted by atomic mass is 9.90. The number of imide groups is 1. The number of aryl methyl sites for hydroxylation is 1. The van der Waals surface area contributed by atoms with Crippen LogP contribution in [0.3, 0.4) is 0 Å². The lowest BCUT2D eigenvalue weighted by molar-refractivity contribution is 0.0649. The van der Waals surface area contributed by atoms with E-state index in [1.807, 2.05) is 37.3 Å². The van der Waals surface area contributed by atoms with Crippen LogP contribution in [-0.2, 0) is 0 Å². The van der Waals surface area contributed by atoms with E-state index in [2.05, 4.69) is 10.2 Å². The minimum Gasteiger partial charge on any atom is -0.273 e. The summed E-state index contributed by atoms with van der Waals surface area (Å²) in [7, 11) is 0. The molecule has 2 amide bonds. The summed E-state index contributed by atoms with van der Waals surface area (Å²) >= 11 is 6.07. The molecule has 134 valence electrons. The molecule has 1 unspecified atom stereocenters. The van der Waals surface area contributed by atoms with Crippen molar-refractivity contribution < 1.29 is 9.59 Å². The Morgan fingerprint density at radius 1 is 0.926 bits per heavy atom. The zero-order chi connectivity index (χ0) is 19.0. The van der Waals surface area contributed by atoms with Crippen LogP contribution in [0, 0.1) is 6.92 Å². The largest absolute Gasteiger partial charge is 0.273 e. The number of benzene rings is 2. The molecule has 1 aliphatic rings. The summed E-state index contributed by atoms with van der Waals surface area (Å²) in [5.41, 5.74) is 3.41. The van der Waals surface area contributed by atoms with Crippen LogP contribution in [0.5, 0.6) is 0 Å². The number of carbonyl (C=O) groups excluding carboxylic acids is 2. The predicted octanol–water partition coefficient (Wildman–Crippen LogP) is 3.87. The van der Waals surface area contributed by atoms with Gasteiger partial charge in [-0.2, -0.15) is 5.10 Å². The lowest BCUT2D eigenvalue weighted by Crippen LogP contribution is -2.34. The molecule has 0 radical (unpaired) electrons. The van der Waals surface area contributed by atoms with Crippen molar-refractivity contribution in [2.24, 2.45) is 0 Å². The summed E-state index contributed by atoms with van der Waals surface area (Å²) in [6, 6.07) is 18.4. The Bertz CT molecular complexity index is 1000. The first-order valence-corrected chi connectivity index (χ1v) is 8.94. The van der Waals surface area contributed by atoms with E-state index in [0.29, 0.717) is 16.8 Å². The molecule has 0 saturated carbocycles. The Labute approximate surface area is 161 Å². The van der Waals surface area contributed by atoms with Gasteiger partial charge in [-0.1, -0.05) is 54.1 Å². The van der Waals surface area contributed by atoms with Crippen molar-refractivity contribution in [1.29, 1.82) is 0 Å². The molecule has 1 atom stereocenters. The Morgan fingerprint density at radius 3 is 2.15 bits per heavy atom. The zero-order valence-electron chi connectivity index (χ0n) is 14.6. The van der Waals surface area contributed by atoms with Crippen molar-refractivity contribution in [1.82, 2.24) is 15.1 Å². The van der Waals surface area contributed by atoms with Gasteiger partial charge in [-0.25, -0.2) is 0 Å². The maximum atomic E-state index is 12.8. The molecular weight excluding hydrogens is 362 g/mol. The summed E-state index contributed by atoms with van der Waals surface area (Å²) in [5, 5.41) is 8.26. The third-order valence-electron chi connectivity index (χ3n) is 4.81. The highest BCUT2D eigenvalue weighted by Gasteiger charge is 2.37. The highest BCUT2D eigenvalue weighted by Crippen LogP contribution is 2.32. The summed E-state index contributed by atoms with van der Waals surface area (Å²) in [6.07, 6.45) is 0. The van der Waals surface area contributed by atoms with Gasteiger partial charge in [-0.3, -0.25) is 14.5 Å². The molecule has 0 spiro atoms. The molecule has 2 aromatic carbocycles. The molecule has 27 heavy (non-hydrogen) atoms. The zero-order valence-corrected chi connectivity index (χ0v) is 15.3. The molecule has 1 aromatic heterocycles. The number of fused-ring (bicyclic) bond motifs is 1. The highest BCUT2D eigenvalue weighted by molar-refractivity contribution is 6.29. The van der Waals surface area contributed by atoms with Gasteiger partial charge in [-0.15, -0.1) is 5.10 Å². The summed E-state index contributed by atoms with van der Waals surface area (Å²) in [6.45, 7) is 2.05. The van der Waals surface area contributed by atoms with Crippen molar-refractivity contribution >= 4 is 23.4 Å². The van der Waals surface area contributed by atoms with Crippen LogP contribution in [0.1, 0.15) is 43.5 Å². The molecule has 0 fully saturated rings. The lowest BCUT2D eigenvalue weighted by Gasteiger charge is -2.24.